The van der Waals surface area contributed by atoms with Gasteiger partial charge >= 0.3 is 6.09 Å². The van der Waals surface area contributed by atoms with Crippen LogP contribution in [0, 0.1) is 0 Å². The third-order valence-corrected chi connectivity index (χ3v) is 3.71. The standard InChI is InChI=1S/C15H16N4O2.C6H8.C2H4/c1-11(12-5-3-2-4-6-12)17-14-16-8-7-13(18-14)19-9-10-21-15(19)20;1-3-5-6-4-2;1-2/h2-8,11H,9-10H2,1H3,(H,16,17,18);3-6H,1-2H2;1-2H2/b;6-5-;/t11-;;/m1../s1. The van der Waals surface area contributed by atoms with Gasteiger partial charge in [0, 0.05) is 6.20 Å². The predicted molar refractivity (Wildman–Crippen MR) is 120 cm³/mol. The maximum atomic E-state index is 11.6. The molecule has 29 heavy (non-hydrogen) atoms. The maximum absolute atomic E-state index is 11.6. The van der Waals surface area contributed by atoms with Crippen molar-refractivity contribution in [2.24, 2.45) is 0 Å². The summed E-state index contributed by atoms with van der Waals surface area (Å²) in [6.07, 6.45) is 8.34. The number of nitrogens with one attached hydrogen (secondary N) is 1. The van der Waals surface area contributed by atoms with E-state index in [0.29, 0.717) is 24.9 Å². The fraction of sp³-hybridized carbons (Fsp3) is 0.174. The highest BCUT2D eigenvalue weighted by molar-refractivity contribution is 5.88. The number of hydrogen-bond donors (Lipinski definition) is 1. The Morgan fingerprint density at radius 2 is 1.79 bits per heavy atom. The molecule has 0 saturated carbocycles. The molecule has 1 atom stereocenters. The highest BCUT2D eigenvalue weighted by atomic mass is 16.6. The van der Waals surface area contributed by atoms with Crippen LogP contribution >= 0.6 is 0 Å². The highest BCUT2D eigenvalue weighted by Crippen LogP contribution is 2.20. The van der Waals surface area contributed by atoms with E-state index >= 15 is 0 Å². The molecule has 2 heterocycles. The molecule has 1 aromatic heterocycles. The second kappa shape index (κ2) is 13.5. The van der Waals surface area contributed by atoms with Gasteiger partial charge in [0.1, 0.15) is 12.4 Å². The first kappa shape index (κ1) is 23.4. The van der Waals surface area contributed by atoms with Gasteiger partial charge in [0.15, 0.2) is 0 Å². The van der Waals surface area contributed by atoms with Gasteiger partial charge < -0.3 is 10.1 Å². The Bertz CT molecular complexity index is 796. The van der Waals surface area contributed by atoms with Gasteiger partial charge in [-0.3, -0.25) is 4.90 Å². The highest BCUT2D eigenvalue weighted by Gasteiger charge is 2.25. The first-order valence-corrected chi connectivity index (χ1v) is 9.14. The summed E-state index contributed by atoms with van der Waals surface area (Å²) in [5.41, 5.74) is 1.15. The van der Waals surface area contributed by atoms with Crippen LogP contribution in [0.2, 0.25) is 0 Å². The van der Waals surface area contributed by atoms with Crippen LogP contribution in [0.15, 0.2) is 93.2 Å². The van der Waals surface area contributed by atoms with Gasteiger partial charge in [-0.2, -0.15) is 4.98 Å². The van der Waals surface area contributed by atoms with Crippen molar-refractivity contribution in [3.63, 3.8) is 0 Å². The smallest absolute Gasteiger partial charge is 0.415 e. The number of aromatic nitrogens is 2. The number of anilines is 2. The Morgan fingerprint density at radius 3 is 2.34 bits per heavy atom. The molecule has 1 aromatic carbocycles. The van der Waals surface area contributed by atoms with Crippen molar-refractivity contribution < 1.29 is 9.53 Å². The van der Waals surface area contributed by atoms with Crippen molar-refractivity contribution in [2.45, 2.75) is 13.0 Å². The van der Waals surface area contributed by atoms with Crippen LogP contribution in [-0.4, -0.2) is 29.2 Å². The van der Waals surface area contributed by atoms with E-state index in [0.717, 1.165) is 5.56 Å². The van der Waals surface area contributed by atoms with Gasteiger partial charge in [-0.25, -0.2) is 9.78 Å². The lowest BCUT2D eigenvalue weighted by molar-refractivity contribution is 0.181. The number of rotatable bonds is 6. The van der Waals surface area contributed by atoms with Gasteiger partial charge in [-0.1, -0.05) is 67.8 Å². The fourth-order valence-electron chi connectivity index (χ4n) is 2.35. The summed E-state index contributed by atoms with van der Waals surface area (Å²) in [4.78, 5) is 21.6. The van der Waals surface area contributed by atoms with E-state index < -0.39 is 0 Å². The second-order valence-corrected chi connectivity index (χ2v) is 5.64. The zero-order valence-corrected chi connectivity index (χ0v) is 16.8. The summed E-state index contributed by atoms with van der Waals surface area (Å²) in [5, 5.41) is 3.24. The lowest BCUT2D eigenvalue weighted by atomic mass is 10.1. The molecule has 1 amide bonds. The number of allylic oxidation sites excluding steroid dienone is 4. The molecular weight excluding hydrogens is 364 g/mol. The molecule has 2 aromatic rings. The van der Waals surface area contributed by atoms with E-state index in [-0.39, 0.29) is 12.1 Å². The topological polar surface area (TPSA) is 67.3 Å². The number of nitrogens with zero attached hydrogens (tertiary/aromatic N) is 3. The Labute approximate surface area is 173 Å². The fourth-order valence-corrected chi connectivity index (χ4v) is 2.35. The molecule has 6 nitrogen and oxygen atoms in total. The van der Waals surface area contributed by atoms with Crippen molar-refractivity contribution in [2.75, 3.05) is 23.4 Å². The summed E-state index contributed by atoms with van der Waals surface area (Å²) in [5.74, 6) is 1.04. The van der Waals surface area contributed by atoms with Crippen molar-refractivity contribution in [1.82, 2.24) is 9.97 Å². The lowest BCUT2D eigenvalue weighted by Crippen LogP contribution is -2.25. The minimum absolute atomic E-state index is 0.0759. The molecule has 0 bridgehead atoms. The van der Waals surface area contributed by atoms with Gasteiger partial charge in [0.25, 0.3) is 0 Å². The first-order valence-electron chi connectivity index (χ1n) is 9.14. The zero-order valence-electron chi connectivity index (χ0n) is 16.8. The summed E-state index contributed by atoms with van der Waals surface area (Å²) in [6, 6.07) is 11.8. The van der Waals surface area contributed by atoms with Gasteiger partial charge in [0.2, 0.25) is 5.95 Å². The predicted octanol–water partition coefficient (Wildman–Crippen LogP) is 5.32. The average molecular weight is 393 g/mol. The van der Waals surface area contributed by atoms with E-state index in [1.165, 1.54) is 4.90 Å². The number of benzene rings is 1. The molecule has 1 fully saturated rings. The SMILES string of the molecule is C=C.C=C/C=C\C=C.C[C@@H](Nc1nccc(N2CCOC2=O)n1)c1ccccc1. The minimum Gasteiger partial charge on any atom is -0.447 e. The first-order chi connectivity index (χ1) is 14.2. The van der Waals surface area contributed by atoms with E-state index in [2.05, 4.69) is 41.6 Å². The average Bonchev–Trinajstić information content (AvgIpc) is 3.21. The molecule has 1 aliphatic heterocycles. The molecular formula is C23H28N4O2. The minimum atomic E-state index is -0.365. The Kier molecular flexibility index (Phi) is 10.9. The van der Waals surface area contributed by atoms with Gasteiger partial charge in [-0.15, -0.1) is 13.2 Å². The number of ether oxygens (including phenoxy) is 1. The Hall–Kier alpha value is -3.67. The molecule has 3 rings (SSSR count). The third-order valence-electron chi connectivity index (χ3n) is 3.71. The quantitative estimate of drug-likeness (QED) is 0.532. The van der Waals surface area contributed by atoms with Crippen LogP contribution < -0.4 is 10.2 Å². The molecule has 0 unspecified atom stereocenters. The number of hydrogen-bond acceptors (Lipinski definition) is 5. The van der Waals surface area contributed by atoms with Crippen molar-refractivity contribution >= 4 is 17.9 Å². The van der Waals surface area contributed by atoms with Crippen molar-refractivity contribution in [3.8, 4) is 0 Å². The van der Waals surface area contributed by atoms with Crippen LogP contribution in [0.1, 0.15) is 18.5 Å². The third kappa shape index (κ3) is 7.84. The monoisotopic (exact) mass is 392 g/mol. The van der Waals surface area contributed by atoms with Crippen LogP contribution in [0.3, 0.4) is 0 Å². The summed E-state index contributed by atoms with van der Waals surface area (Å²) in [6.45, 7) is 15.9. The van der Waals surface area contributed by atoms with Crippen LogP contribution in [0.5, 0.6) is 0 Å². The number of amides is 1. The zero-order chi connectivity index (χ0) is 21.5. The van der Waals surface area contributed by atoms with E-state index in [1.54, 1.807) is 24.4 Å². The van der Waals surface area contributed by atoms with Crippen LogP contribution in [-0.2, 0) is 4.74 Å². The molecule has 0 aliphatic carbocycles. The molecule has 152 valence electrons. The molecule has 0 radical (unpaired) electrons. The molecule has 1 N–H and O–H groups in total. The number of cyclic esters (lactones) is 1. The van der Waals surface area contributed by atoms with Gasteiger partial charge in [0.05, 0.1) is 12.6 Å². The molecule has 1 aliphatic rings. The number of carbonyl (C=O) groups excluding carboxylic acids is 1. The Balaban J connectivity index is 0.000000454. The van der Waals surface area contributed by atoms with Crippen molar-refractivity contribution in [1.29, 1.82) is 0 Å². The van der Waals surface area contributed by atoms with E-state index in [4.69, 9.17) is 4.74 Å². The molecule has 6 heteroatoms. The summed E-state index contributed by atoms with van der Waals surface area (Å²) in [7, 11) is 0. The summed E-state index contributed by atoms with van der Waals surface area (Å²) >= 11 is 0. The van der Waals surface area contributed by atoms with Gasteiger partial charge in [-0.05, 0) is 18.6 Å². The number of carbonyl (C=O) groups is 1. The van der Waals surface area contributed by atoms with Crippen LogP contribution in [0.4, 0.5) is 16.6 Å². The maximum Gasteiger partial charge on any atom is 0.415 e. The lowest BCUT2D eigenvalue weighted by Gasteiger charge is -2.16. The Morgan fingerprint density at radius 1 is 1.14 bits per heavy atom. The van der Waals surface area contributed by atoms with Crippen molar-refractivity contribution in [3.05, 3.63) is 98.8 Å². The second-order valence-electron chi connectivity index (χ2n) is 5.64. The largest absolute Gasteiger partial charge is 0.447 e. The molecule has 0 spiro atoms. The summed E-state index contributed by atoms with van der Waals surface area (Å²) < 4.78 is 4.92. The van der Waals surface area contributed by atoms with E-state index in [1.807, 2.05) is 49.4 Å². The van der Waals surface area contributed by atoms with Crippen LogP contribution in [0.25, 0.3) is 0 Å². The molecule has 1 saturated heterocycles. The van der Waals surface area contributed by atoms with E-state index in [9.17, 15) is 4.79 Å². The normalized spacial score (nSPS) is 13.3.